The predicted octanol–water partition coefficient (Wildman–Crippen LogP) is 1.06. The molecular weight excluding hydrogens is 224 g/mol. The molecule has 18 heavy (non-hydrogen) atoms. The first-order valence-electron chi connectivity index (χ1n) is 7.02. The Kier molecular flexibility index (Phi) is 3.33. The van der Waals surface area contributed by atoms with Gasteiger partial charge in [0.25, 0.3) is 5.91 Å². The number of nitrogens with two attached hydrogens (primary N) is 1. The predicted molar refractivity (Wildman–Crippen MR) is 70.3 cm³/mol. The number of carbonyl (C=O) groups is 1. The number of quaternary nitrogens is 1. The molecule has 0 spiro atoms. The summed E-state index contributed by atoms with van der Waals surface area (Å²) < 4.78 is 0. The summed E-state index contributed by atoms with van der Waals surface area (Å²) in [5, 5.41) is 5.73. The van der Waals surface area contributed by atoms with Crippen LogP contribution in [0.1, 0.15) is 42.5 Å². The Morgan fingerprint density at radius 2 is 1.78 bits per heavy atom. The fourth-order valence-corrected chi connectivity index (χ4v) is 3.42. The van der Waals surface area contributed by atoms with Crippen molar-refractivity contribution in [1.29, 1.82) is 0 Å². The van der Waals surface area contributed by atoms with Crippen LogP contribution in [0.4, 0.5) is 0 Å². The number of nitrogens with one attached hydrogen (secondary N) is 1. The monoisotopic (exact) mass is 245 g/mol. The lowest BCUT2D eigenvalue weighted by Gasteiger charge is -2.37. The van der Waals surface area contributed by atoms with Crippen LogP contribution in [0.15, 0.2) is 30.3 Å². The third kappa shape index (κ3) is 2.56. The van der Waals surface area contributed by atoms with Crippen molar-refractivity contribution < 1.29 is 10.1 Å². The van der Waals surface area contributed by atoms with Crippen molar-refractivity contribution >= 4 is 5.91 Å². The quantitative estimate of drug-likeness (QED) is 0.804. The number of amides is 1. The maximum Gasteiger partial charge on any atom is 0.251 e. The van der Waals surface area contributed by atoms with Crippen LogP contribution in [0.3, 0.4) is 0 Å². The van der Waals surface area contributed by atoms with Crippen LogP contribution >= 0.6 is 0 Å². The molecule has 3 rings (SSSR count). The molecule has 3 N–H and O–H groups in total. The summed E-state index contributed by atoms with van der Waals surface area (Å²) in [6.45, 7) is 0. The standard InChI is InChI=1S/C15H20N2O/c18-15(11-5-2-1-3-6-11)17-14-9-12-7-4-8-13(10-14)16-12/h1-3,5-6,12-14,16H,4,7-10H2,(H,17,18)/p+1/t12-,13+,14?. The third-order valence-electron chi connectivity index (χ3n) is 4.24. The van der Waals surface area contributed by atoms with Crippen LogP contribution < -0.4 is 10.6 Å². The molecule has 2 aliphatic rings. The molecule has 2 fully saturated rings. The summed E-state index contributed by atoms with van der Waals surface area (Å²) in [7, 11) is 0. The molecule has 1 aromatic rings. The SMILES string of the molecule is O=C(NC1C[C@H]2CCC[C@@H](C1)[NH2+]2)c1ccccc1. The Balaban J connectivity index is 1.61. The number of rotatable bonds is 2. The zero-order chi connectivity index (χ0) is 12.4. The Labute approximate surface area is 108 Å². The highest BCUT2D eigenvalue weighted by Crippen LogP contribution is 2.20. The van der Waals surface area contributed by atoms with E-state index >= 15 is 0 Å². The van der Waals surface area contributed by atoms with Crippen molar-refractivity contribution in [2.24, 2.45) is 0 Å². The Morgan fingerprint density at radius 1 is 1.11 bits per heavy atom. The van der Waals surface area contributed by atoms with Crippen molar-refractivity contribution in [2.75, 3.05) is 0 Å². The van der Waals surface area contributed by atoms with E-state index in [9.17, 15) is 4.79 Å². The number of benzene rings is 1. The van der Waals surface area contributed by atoms with Gasteiger partial charge in [-0.1, -0.05) is 18.2 Å². The maximum atomic E-state index is 12.1. The number of hydrogen-bond acceptors (Lipinski definition) is 1. The van der Waals surface area contributed by atoms with Gasteiger partial charge in [0.1, 0.15) is 0 Å². The summed E-state index contributed by atoms with van der Waals surface area (Å²) in [6.07, 6.45) is 6.26. The topological polar surface area (TPSA) is 45.7 Å². The van der Waals surface area contributed by atoms with Gasteiger partial charge in [-0.25, -0.2) is 0 Å². The normalized spacial score (nSPS) is 30.8. The fraction of sp³-hybridized carbons (Fsp3) is 0.533. The number of carbonyl (C=O) groups excluding carboxylic acids is 1. The highest BCUT2D eigenvalue weighted by Gasteiger charge is 2.35. The highest BCUT2D eigenvalue weighted by atomic mass is 16.1. The molecule has 96 valence electrons. The first-order chi connectivity index (χ1) is 8.81. The summed E-state index contributed by atoms with van der Waals surface area (Å²) in [5.41, 5.74) is 0.775. The molecule has 3 atom stereocenters. The molecule has 2 aliphatic heterocycles. The first-order valence-corrected chi connectivity index (χ1v) is 7.02. The van der Waals surface area contributed by atoms with Gasteiger partial charge in [-0.2, -0.15) is 0 Å². The van der Waals surface area contributed by atoms with Crippen molar-refractivity contribution in [3.8, 4) is 0 Å². The lowest BCUT2D eigenvalue weighted by atomic mass is 9.84. The van der Waals surface area contributed by atoms with Gasteiger partial charge >= 0.3 is 0 Å². The van der Waals surface area contributed by atoms with Crippen molar-refractivity contribution in [2.45, 2.75) is 50.2 Å². The lowest BCUT2D eigenvalue weighted by Crippen LogP contribution is -2.98. The van der Waals surface area contributed by atoms with Crippen LogP contribution in [0.25, 0.3) is 0 Å². The average molecular weight is 245 g/mol. The van der Waals surface area contributed by atoms with Gasteiger partial charge in [0.2, 0.25) is 0 Å². The van der Waals surface area contributed by atoms with Gasteiger partial charge in [-0.05, 0) is 31.4 Å². The van der Waals surface area contributed by atoms with E-state index in [2.05, 4.69) is 10.6 Å². The second-order valence-electron chi connectivity index (χ2n) is 5.65. The molecule has 0 radical (unpaired) electrons. The zero-order valence-electron chi connectivity index (χ0n) is 10.6. The van der Waals surface area contributed by atoms with Gasteiger partial charge in [0.15, 0.2) is 0 Å². The maximum absolute atomic E-state index is 12.1. The van der Waals surface area contributed by atoms with Gasteiger partial charge in [-0.3, -0.25) is 4.79 Å². The molecule has 1 unspecified atom stereocenters. The smallest absolute Gasteiger partial charge is 0.251 e. The van der Waals surface area contributed by atoms with Gasteiger partial charge < -0.3 is 10.6 Å². The van der Waals surface area contributed by atoms with Crippen molar-refractivity contribution in [1.82, 2.24) is 5.32 Å². The van der Waals surface area contributed by atoms with Crippen LogP contribution in [0.5, 0.6) is 0 Å². The molecule has 1 amide bonds. The van der Waals surface area contributed by atoms with Gasteiger partial charge in [0, 0.05) is 24.4 Å². The van der Waals surface area contributed by atoms with E-state index in [-0.39, 0.29) is 5.91 Å². The lowest BCUT2D eigenvalue weighted by molar-refractivity contribution is -0.739. The summed E-state index contributed by atoms with van der Waals surface area (Å²) in [4.78, 5) is 12.1. The van der Waals surface area contributed by atoms with Crippen LogP contribution in [0.2, 0.25) is 0 Å². The molecule has 1 aromatic carbocycles. The minimum Gasteiger partial charge on any atom is -0.349 e. The first kappa shape index (κ1) is 11.7. The molecule has 0 aromatic heterocycles. The van der Waals surface area contributed by atoms with Crippen molar-refractivity contribution in [3.05, 3.63) is 35.9 Å². The highest BCUT2D eigenvalue weighted by molar-refractivity contribution is 5.94. The Hall–Kier alpha value is -1.35. The van der Waals surface area contributed by atoms with E-state index < -0.39 is 0 Å². The summed E-state index contributed by atoms with van der Waals surface area (Å²) >= 11 is 0. The van der Waals surface area contributed by atoms with E-state index in [1.54, 1.807) is 0 Å². The molecule has 0 saturated carbocycles. The van der Waals surface area contributed by atoms with E-state index in [1.807, 2.05) is 30.3 Å². The van der Waals surface area contributed by atoms with Crippen molar-refractivity contribution in [3.63, 3.8) is 0 Å². The van der Waals surface area contributed by atoms with E-state index in [1.165, 1.54) is 19.3 Å². The van der Waals surface area contributed by atoms with E-state index in [0.717, 1.165) is 30.5 Å². The third-order valence-corrected chi connectivity index (χ3v) is 4.24. The molecule has 2 bridgehead atoms. The Morgan fingerprint density at radius 3 is 2.44 bits per heavy atom. The largest absolute Gasteiger partial charge is 0.349 e. The average Bonchev–Trinajstić information content (AvgIpc) is 2.39. The molecule has 2 saturated heterocycles. The molecule has 0 aliphatic carbocycles. The van der Waals surface area contributed by atoms with Crippen LogP contribution in [0, 0.1) is 0 Å². The number of fused-ring (bicyclic) bond motifs is 2. The summed E-state index contributed by atoms with van der Waals surface area (Å²) in [6, 6.07) is 11.4. The van der Waals surface area contributed by atoms with E-state index in [4.69, 9.17) is 0 Å². The minimum absolute atomic E-state index is 0.0839. The van der Waals surface area contributed by atoms with Gasteiger partial charge in [-0.15, -0.1) is 0 Å². The second-order valence-corrected chi connectivity index (χ2v) is 5.65. The van der Waals surface area contributed by atoms with Gasteiger partial charge in [0.05, 0.1) is 12.1 Å². The van der Waals surface area contributed by atoms with E-state index in [0.29, 0.717) is 6.04 Å². The van der Waals surface area contributed by atoms with Crippen LogP contribution in [-0.2, 0) is 0 Å². The fourth-order valence-electron chi connectivity index (χ4n) is 3.42. The number of hydrogen-bond donors (Lipinski definition) is 2. The molecule has 3 nitrogen and oxygen atoms in total. The minimum atomic E-state index is 0.0839. The Bertz CT molecular complexity index is 406. The number of piperidine rings is 2. The molecule has 3 heteroatoms. The zero-order valence-corrected chi connectivity index (χ0v) is 10.6. The van der Waals surface area contributed by atoms with Crippen LogP contribution in [-0.4, -0.2) is 24.0 Å². The second kappa shape index (κ2) is 5.11. The molecule has 2 heterocycles. The summed E-state index contributed by atoms with van der Waals surface area (Å²) in [5.74, 6) is 0.0839. The molecular formula is C15H21N2O+.